The van der Waals surface area contributed by atoms with Gasteiger partial charge < -0.3 is 0 Å². The summed E-state index contributed by atoms with van der Waals surface area (Å²) in [5, 5.41) is 0. The normalized spacial score (nSPS) is 12.2. The topological polar surface area (TPSA) is 92.3 Å². The predicted octanol–water partition coefficient (Wildman–Crippen LogP) is 2.47. The Morgan fingerprint density at radius 3 is 1.33 bits per heavy atom. The lowest BCUT2D eigenvalue weighted by Gasteiger charge is -2.10. The summed E-state index contributed by atoms with van der Waals surface area (Å²) >= 11 is 6.35. The molecule has 24 heavy (non-hydrogen) atoms. The van der Waals surface area contributed by atoms with Gasteiger partial charge in [-0.1, -0.05) is 24.3 Å². The summed E-state index contributed by atoms with van der Waals surface area (Å²) in [5.74, 6) is 0. The summed E-state index contributed by atoms with van der Waals surface area (Å²) in [5.41, 5.74) is 0. The highest BCUT2D eigenvalue weighted by molar-refractivity contribution is 9.10. The Morgan fingerprint density at radius 1 is 0.667 bits per heavy atom. The Balaban J connectivity index is 1.98. The first kappa shape index (κ1) is 19.5. The Labute approximate surface area is 158 Å². The smallest absolute Gasteiger partial charge is 0.210 e. The van der Waals surface area contributed by atoms with Crippen LogP contribution in [0, 0.1) is 0 Å². The van der Waals surface area contributed by atoms with E-state index in [0.29, 0.717) is 8.95 Å². The standard InChI is InChI=1S/C14H14Br2N2O4S2/c15-11-5-1-3-7-13(11)23(19,20)17-9-10-18-24(21,22)14-8-4-2-6-12(14)16/h1-8,17-18H,9-10H2. The minimum absolute atomic E-state index is 0.0760. The van der Waals surface area contributed by atoms with Gasteiger partial charge in [0, 0.05) is 22.0 Å². The van der Waals surface area contributed by atoms with Crippen LogP contribution in [-0.4, -0.2) is 29.9 Å². The Morgan fingerprint density at radius 2 is 1.00 bits per heavy atom. The fraction of sp³-hybridized carbons (Fsp3) is 0.143. The molecule has 0 spiro atoms. The van der Waals surface area contributed by atoms with Crippen LogP contribution in [0.4, 0.5) is 0 Å². The van der Waals surface area contributed by atoms with Gasteiger partial charge in [-0.2, -0.15) is 0 Å². The van der Waals surface area contributed by atoms with E-state index in [-0.39, 0.29) is 22.9 Å². The van der Waals surface area contributed by atoms with E-state index in [1.807, 2.05) is 0 Å². The molecule has 0 saturated heterocycles. The largest absolute Gasteiger partial charge is 0.241 e. The van der Waals surface area contributed by atoms with Crippen LogP contribution >= 0.6 is 31.9 Å². The highest BCUT2D eigenvalue weighted by Gasteiger charge is 2.19. The molecule has 0 fully saturated rings. The molecule has 0 amide bonds. The highest BCUT2D eigenvalue weighted by atomic mass is 79.9. The molecule has 10 heteroatoms. The molecule has 0 heterocycles. The van der Waals surface area contributed by atoms with Crippen LogP contribution in [0.5, 0.6) is 0 Å². The fourth-order valence-electron chi connectivity index (χ4n) is 1.85. The first-order chi connectivity index (χ1) is 11.2. The molecule has 0 aliphatic carbocycles. The van der Waals surface area contributed by atoms with Crippen LogP contribution in [-0.2, 0) is 20.0 Å². The maximum atomic E-state index is 12.2. The summed E-state index contributed by atoms with van der Waals surface area (Å²) in [6.45, 7) is -0.152. The van der Waals surface area contributed by atoms with Gasteiger partial charge in [0.15, 0.2) is 0 Å². The Hall–Kier alpha value is -0.780. The van der Waals surface area contributed by atoms with Crippen molar-refractivity contribution in [2.24, 2.45) is 0 Å². The van der Waals surface area contributed by atoms with E-state index in [9.17, 15) is 16.8 Å². The van der Waals surface area contributed by atoms with Crippen LogP contribution in [0.2, 0.25) is 0 Å². The van der Waals surface area contributed by atoms with Crippen molar-refractivity contribution in [2.75, 3.05) is 13.1 Å². The predicted molar refractivity (Wildman–Crippen MR) is 98.7 cm³/mol. The number of rotatable bonds is 7. The third kappa shape index (κ3) is 4.87. The van der Waals surface area contributed by atoms with Gasteiger partial charge in [0.2, 0.25) is 20.0 Å². The van der Waals surface area contributed by atoms with Gasteiger partial charge in [-0.05, 0) is 56.1 Å². The third-order valence-corrected chi connectivity index (χ3v) is 7.91. The van der Waals surface area contributed by atoms with Crippen molar-refractivity contribution in [2.45, 2.75) is 9.79 Å². The van der Waals surface area contributed by atoms with E-state index >= 15 is 0 Å². The molecule has 0 bridgehead atoms. The molecule has 0 aliphatic heterocycles. The molecular formula is C14H14Br2N2O4S2. The molecule has 130 valence electrons. The fourth-order valence-corrected chi connectivity index (χ4v) is 5.92. The van der Waals surface area contributed by atoms with Crippen molar-refractivity contribution in [3.05, 3.63) is 57.5 Å². The molecule has 0 aromatic heterocycles. The van der Waals surface area contributed by atoms with Crippen molar-refractivity contribution in [1.29, 1.82) is 0 Å². The second-order valence-electron chi connectivity index (χ2n) is 4.66. The van der Waals surface area contributed by atoms with E-state index in [1.165, 1.54) is 12.1 Å². The van der Waals surface area contributed by atoms with Crippen molar-refractivity contribution in [1.82, 2.24) is 9.44 Å². The molecule has 0 atom stereocenters. The maximum Gasteiger partial charge on any atom is 0.241 e. The molecule has 6 nitrogen and oxygen atoms in total. The van der Waals surface area contributed by atoms with Crippen molar-refractivity contribution in [3.63, 3.8) is 0 Å². The van der Waals surface area contributed by atoms with Crippen molar-refractivity contribution < 1.29 is 16.8 Å². The summed E-state index contributed by atoms with van der Waals surface area (Å²) in [6.07, 6.45) is 0. The molecule has 0 radical (unpaired) electrons. The van der Waals surface area contributed by atoms with Gasteiger partial charge in [-0.25, -0.2) is 26.3 Å². The summed E-state index contributed by atoms with van der Waals surface area (Å²) in [6, 6.07) is 12.8. The number of sulfonamides is 2. The van der Waals surface area contributed by atoms with Gasteiger partial charge in [-0.15, -0.1) is 0 Å². The molecule has 0 aliphatic rings. The number of hydrogen-bond donors (Lipinski definition) is 2. The second kappa shape index (κ2) is 8.07. The molecule has 0 unspecified atom stereocenters. The first-order valence-corrected chi connectivity index (χ1v) is 11.3. The van der Waals surface area contributed by atoms with Crippen LogP contribution < -0.4 is 9.44 Å². The van der Waals surface area contributed by atoms with E-state index in [2.05, 4.69) is 41.3 Å². The van der Waals surface area contributed by atoms with Crippen molar-refractivity contribution in [3.8, 4) is 0 Å². The minimum Gasteiger partial charge on any atom is -0.210 e. The van der Waals surface area contributed by atoms with Gasteiger partial charge >= 0.3 is 0 Å². The lowest BCUT2D eigenvalue weighted by molar-refractivity contribution is 0.570. The van der Waals surface area contributed by atoms with E-state index < -0.39 is 20.0 Å². The summed E-state index contributed by atoms with van der Waals surface area (Å²) in [7, 11) is -7.44. The van der Waals surface area contributed by atoms with Gasteiger partial charge in [0.1, 0.15) is 0 Å². The third-order valence-electron chi connectivity index (χ3n) is 2.96. The zero-order valence-electron chi connectivity index (χ0n) is 12.2. The number of halogens is 2. The zero-order valence-corrected chi connectivity index (χ0v) is 17.0. The van der Waals surface area contributed by atoms with Crippen LogP contribution in [0.1, 0.15) is 0 Å². The Bertz CT molecular complexity index is 854. The minimum atomic E-state index is -3.72. The SMILES string of the molecule is O=S(=O)(NCCNS(=O)(=O)c1ccccc1Br)c1ccccc1Br. The summed E-state index contributed by atoms with van der Waals surface area (Å²) in [4.78, 5) is 0.192. The van der Waals surface area contributed by atoms with Crippen molar-refractivity contribution >= 4 is 51.9 Å². The van der Waals surface area contributed by atoms with E-state index in [1.54, 1.807) is 36.4 Å². The average molecular weight is 498 g/mol. The monoisotopic (exact) mass is 496 g/mol. The molecule has 2 N–H and O–H groups in total. The molecular weight excluding hydrogens is 484 g/mol. The Kier molecular flexibility index (Phi) is 6.57. The number of nitrogens with one attached hydrogen (secondary N) is 2. The maximum absolute atomic E-state index is 12.2. The first-order valence-electron chi connectivity index (χ1n) is 6.72. The lowest BCUT2D eigenvalue weighted by Crippen LogP contribution is -2.34. The van der Waals surface area contributed by atoms with Crippen LogP contribution in [0.15, 0.2) is 67.3 Å². The molecule has 2 rings (SSSR count). The van der Waals surface area contributed by atoms with Crippen LogP contribution in [0.25, 0.3) is 0 Å². The summed E-state index contributed by atoms with van der Waals surface area (Å²) < 4.78 is 54.3. The van der Waals surface area contributed by atoms with E-state index in [0.717, 1.165) is 0 Å². The zero-order chi connectivity index (χ0) is 17.8. The quantitative estimate of drug-likeness (QED) is 0.574. The van der Waals surface area contributed by atoms with Gasteiger partial charge in [0.25, 0.3) is 0 Å². The molecule has 2 aromatic carbocycles. The van der Waals surface area contributed by atoms with Gasteiger partial charge in [-0.3, -0.25) is 0 Å². The number of benzene rings is 2. The van der Waals surface area contributed by atoms with E-state index in [4.69, 9.17) is 0 Å². The van der Waals surface area contributed by atoms with Gasteiger partial charge in [0.05, 0.1) is 9.79 Å². The molecule has 2 aromatic rings. The second-order valence-corrected chi connectivity index (χ2v) is 9.84. The molecule has 0 saturated carbocycles. The van der Waals surface area contributed by atoms with Crippen LogP contribution in [0.3, 0.4) is 0 Å². The average Bonchev–Trinajstić information content (AvgIpc) is 2.52. The highest BCUT2D eigenvalue weighted by Crippen LogP contribution is 2.21. The number of hydrogen-bond acceptors (Lipinski definition) is 4. The lowest BCUT2D eigenvalue weighted by atomic mass is 10.4.